The van der Waals surface area contributed by atoms with Gasteiger partial charge in [0.1, 0.15) is 12.4 Å². The molecule has 0 aliphatic carbocycles. The molecule has 0 atom stereocenters. The second kappa shape index (κ2) is 5.35. The molecule has 0 aliphatic heterocycles. The van der Waals surface area contributed by atoms with Gasteiger partial charge in [0, 0.05) is 12.7 Å². The molecular formula is C11H14F4N2. The summed E-state index contributed by atoms with van der Waals surface area (Å²) in [6.07, 6.45) is -3.88. The van der Waals surface area contributed by atoms with Gasteiger partial charge in [0.15, 0.2) is 0 Å². The van der Waals surface area contributed by atoms with Crippen molar-refractivity contribution in [3.8, 4) is 0 Å². The van der Waals surface area contributed by atoms with Crippen molar-refractivity contribution in [1.29, 1.82) is 0 Å². The topological polar surface area (TPSA) is 29.3 Å². The number of anilines is 1. The predicted octanol–water partition coefficient (Wildman–Crippen LogP) is 2.33. The molecule has 0 saturated carbocycles. The van der Waals surface area contributed by atoms with Crippen LogP contribution in [-0.4, -0.2) is 26.3 Å². The molecule has 1 aromatic carbocycles. The minimum absolute atomic E-state index is 0.200. The van der Waals surface area contributed by atoms with E-state index >= 15 is 0 Å². The Morgan fingerprint density at radius 1 is 1.24 bits per heavy atom. The Balaban J connectivity index is 2.89. The lowest BCUT2D eigenvalue weighted by molar-refractivity contribution is -0.119. The van der Waals surface area contributed by atoms with E-state index in [1.54, 1.807) is 0 Å². The molecule has 0 amide bonds. The van der Waals surface area contributed by atoms with E-state index in [0.717, 1.165) is 11.0 Å². The second-order valence-electron chi connectivity index (χ2n) is 3.83. The molecule has 0 saturated heterocycles. The first kappa shape index (κ1) is 13.8. The van der Waals surface area contributed by atoms with Crippen LogP contribution in [0.1, 0.15) is 5.56 Å². The summed E-state index contributed by atoms with van der Waals surface area (Å²) in [4.78, 5) is 0.961. The summed E-state index contributed by atoms with van der Waals surface area (Å²) in [5, 5.41) is 0. The number of halogens is 4. The molecular weight excluding hydrogens is 236 g/mol. The number of benzene rings is 1. The molecule has 0 aromatic heterocycles. The van der Waals surface area contributed by atoms with Crippen LogP contribution in [0.4, 0.5) is 23.2 Å². The van der Waals surface area contributed by atoms with E-state index in [4.69, 9.17) is 5.73 Å². The van der Waals surface area contributed by atoms with Gasteiger partial charge in [-0.3, -0.25) is 0 Å². The number of alkyl halides is 3. The van der Waals surface area contributed by atoms with Gasteiger partial charge in [0.25, 0.3) is 0 Å². The van der Waals surface area contributed by atoms with Gasteiger partial charge < -0.3 is 10.6 Å². The zero-order chi connectivity index (χ0) is 13.1. The Morgan fingerprint density at radius 3 is 2.41 bits per heavy atom. The third-order valence-corrected chi connectivity index (χ3v) is 2.23. The van der Waals surface area contributed by atoms with Gasteiger partial charge in [0.2, 0.25) is 0 Å². The summed E-state index contributed by atoms with van der Waals surface area (Å²) < 4.78 is 49.8. The van der Waals surface area contributed by atoms with Crippen molar-refractivity contribution in [2.45, 2.75) is 12.6 Å². The van der Waals surface area contributed by atoms with E-state index in [-0.39, 0.29) is 5.69 Å². The Kier molecular flexibility index (Phi) is 4.34. The Bertz CT molecular complexity index is 376. The van der Waals surface area contributed by atoms with Gasteiger partial charge in [-0.1, -0.05) is 0 Å². The van der Waals surface area contributed by atoms with Crippen molar-refractivity contribution >= 4 is 5.69 Å². The zero-order valence-electron chi connectivity index (χ0n) is 9.39. The standard InChI is InChI=1S/C11H14F4N2/c1-17(7-11(13,14)15)10-5-8(2-3-16)4-9(12)6-10/h4-6H,2-3,7,16H2,1H3. The minimum atomic E-state index is -4.31. The molecule has 17 heavy (non-hydrogen) atoms. The van der Waals surface area contributed by atoms with Crippen molar-refractivity contribution < 1.29 is 17.6 Å². The van der Waals surface area contributed by atoms with Crippen LogP contribution in [-0.2, 0) is 6.42 Å². The molecule has 6 heteroatoms. The van der Waals surface area contributed by atoms with E-state index in [1.165, 1.54) is 19.2 Å². The van der Waals surface area contributed by atoms with Crippen LogP contribution in [0.2, 0.25) is 0 Å². The first-order valence-electron chi connectivity index (χ1n) is 5.09. The van der Waals surface area contributed by atoms with E-state index in [2.05, 4.69) is 0 Å². The van der Waals surface area contributed by atoms with E-state index < -0.39 is 18.5 Å². The van der Waals surface area contributed by atoms with E-state index in [0.29, 0.717) is 18.5 Å². The summed E-state index contributed by atoms with van der Waals surface area (Å²) in [6, 6.07) is 3.87. The summed E-state index contributed by atoms with van der Waals surface area (Å²) in [5.41, 5.74) is 6.12. The third-order valence-electron chi connectivity index (χ3n) is 2.23. The van der Waals surface area contributed by atoms with Gasteiger partial charge in [-0.15, -0.1) is 0 Å². The molecule has 2 N–H and O–H groups in total. The maximum atomic E-state index is 13.2. The molecule has 96 valence electrons. The first-order valence-corrected chi connectivity index (χ1v) is 5.09. The molecule has 2 nitrogen and oxygen atoms in total. The summed E-state index contributed by atoms with van der Waals surface area (Å²) in [5.74, 6) is -0.556. The maximum Gasteiger partial charge on any atom is 0.405 e. The van der Waals surface area contributed by atoms with Gasteiger partial charge in [-0.2, -0.15) is 13.2 Å². The highest BCUT2D eigenvalue weighted by Crippen LogP contribution is 2.22. The van der Waals surface area contributed by atoms with Crippen LogP contribution in [0.25, 0.3) is 0 Å². The van der Waals surface area contributed by atoms with E-state index in [9.17, 15) is 17.6 Å². The lowest BCUT2D eigenvalue weighted by atomic mass is 10.1. The van der Waals surface area contributed by atoms with Crippen LogP contribution >= 0.6 is 0 Å². The third kappa shape index (κ3) is 4.60. The largest absolute Gasteiger partial charge is 0.405 e. The molecule has 0 bridgehead atoms. The van der Waals surface area contributed by atoms with Gasteiger partial charge in [0.05, 0.1) is 0 Å². The highest BCUT2D eigenvalue weighted by atomic mass is 19.4. The van der Waals surface area contributed by atoms with Crippen molar-refractivity contribution in [2.24, 2.45) is 5.73 Å². The number of nitrogens with two attached hydrogens (primary N) is 1. The molecule has 0 spiro atoms. The number of hydrogen-bond donors (Lipinski definition) is 1. The molecule has 1 rings (SSSR count). The lowest BCUT2D eigenvalue weighted by Gasteiger charge is -2.21. The van der Waals surface area contributed by atoms with Crippen LogP contribution in [0.5, 0.6) is 0 Å². The fourth-order valence-electron chi connectivity index (χ4n) is 1.52. The monoisotopic (exact) mass is 250 g/mol. The van der Waals surface area contributed by atoms with Crippen LogP contribution < -0.4 is 10.6 Å². The van der Waals surface area contributed by atoms with Crippen molar-refractivity contribution in [3.63, 3.8) is 0 Å². The van der Waals surface area contributed by atoms with Crippen molar-refractivity contribution in [1.82, 2.24) is 0 Å². The highest BCUT2D eigenvalue weighted by molar-refractivity contribution is 5.48. The first-order chi connectivity index (χ1) is 7.81. The highest BCUT2D eigenvalue weighted by Gasteiger charge is 2.29. The van der Waals surface area contributed by atoms with Crippen LogP contribution in [0, 0.1) is 5.82 Å². The second-order valence-corrected chi connectivity index (χ2v) is 3.83. The van der Waals surface area contributed by atoms with Crippen molar-refractivity contribution in [3.05, 3.63) is 29.6 Å². The molecule has 0 unspecified atom stereocenters. The summed E-state index contributed by atoms with van der Waals surface area (Å²) >= 11 is 0. The zero-order valence-corrected chi connectivity index (χ0v) is 9.39. The fourth-order valence-corrected chi connectivity index (χ4v) is 1.52. The van der Waals surface area contributed by atoms with Crippen LogP contribution in [0.15, 0.2) is 18.2 Å². The molecule has 0 radical (unpaired) electrons. The minimum Gasteiger partial charge on any atom is -0.366 e. The normalized spacial score (nSPS) is 11.6. The molecule has 1 aromatic rings. The number of rotatable bonds is 4. The smallest absolute Gasteiger partial charge is 0.366 e. The Labute approximate surface area is 97.0 Å². The van der Waals surface area contributed by atoms with Crippen LogP contribution in [0.3, 0.4) is 0 Å². The predicted molar refractivity (Wildman–Crippen MR) is 58.5 cm³/mol. The number of nitrogens with zero attached hydrogens (tertiary/aromatic N) is 1. The molecule has 0 fully saturated rings. The Morgan fingerprint density at radius 2 is 1.88 bits per heavy atom. The van der Waals surface area contributed by atoms with E-state index in [1.807, 2.05) is 0 Å². The van der Waals surface area contributed by atoms with Gasteiger partial charge in [-0.05, 0) is 36.7 Å². The fraction of sp³-hybridized carbons (Fsp3) is 0.455. The maximum absolute atomic E-state index is 13.2. The lowest BCUT2D eigenvalue weighted by Crippen LogP contribution is -2.31. The molecule has 0 aliphatic rings. The Hall–Kier alpha value is -1.30. The summed E-state index contributed by atoms with van der Waals surface area (Å²) in [6.45, 7) is -0.787. The van der Waals surface area contributed by atoms with Gasteiger partial charge in [-0.25, -0.2) is 4.39 Å². The average Bonchev–Trinajstić information content (AvgIpc) is 2.14. The quantitative estimate of drug-likeness (QED) is 0.831. The summed E-state index contributed by atoms with van der Waals surface area (Å²) in [7, 11) is 1.27. The number of hydrogen-bond acceptors (Lipinski definition) is 2. The van der Waals surface area contributed by atoms with Crippen molar-refractivity contribution in [2.75, 3.05) is 25.0 Å². The average molecular weight is 250 g/mol. The SMILES string of the molecule is CN(CC(F)(F)F)c1cc(F)cc(CCN)c1. The molecule has 0 heterocycles. The van der Waals surface area contributed by atoms with Gasteiger partial charge >= 0.3 is 6.18 Å².